The minimum Gasteiger partial charge on any atom is -0.347 e. The number of rotatable bonds is 2. The maximum atomic E-state index is 6.16. The van der Waals surface area contributed by atoms with E-state index < -0.39 is 0 Å². The van der Waals surface area contributed by atoms with Crippen LogP contribution < -0.4 is 0 Å². The van der Waals surface area contributed by atoms with E-state index in [4.69, 9.17) is 23.2 Å². The molecule has 1 nitrogen and oxygen atoms in total. The second-order valence-corrected chi connectivity index (χ2v) is 5.43. The van der Waals surface area contributed by atoms with Crippen molar-refractivity contribution in [2.75, 3.05) is 0 Å². The molecule has 2 aromatic rings. The molecule has 84 valence electrons. The normalized spacial score (nSPS) is 16.6. The standard InChI is InChI=1S/C13H13Cl2N/c14-10-6-12(15)11-4-5-16(13(11)7-10)8-9-2-1-3-9/h4-7,9H,1-3,8H2. The van der Waals surface area contributed by atoms with Gasteiger partial charge in [-0.3, -0.25) is 0 Å². The molecule has 0 spiro atoms. The van der Waals surface area contributed by atoms with Crippen molar-refractivity contribution in [2.45, 2.75) is 25.8 Å². The van der Waals surface area contributed by atoms with Crippen LogP contribution in [0, 0.1) is 5.92 Å². The van der Waals surface area contributed by atoms with Crippen molar-refractivity contribution in [3.8, 4) is 0 Å². The van der Waals surface area contributed by atoms with Crippen molar-refractivity contribution in [3.05, 3.63) is 34.4 Å². The summed E-state index contributed by atoms with van der Waals surface area (Å²) >= 11 is 12.2. The van der Waals surface area contributed by atoms with Gasteiger partial charge in [-0.25, -0.2) is 0 Å². The van der Waals surface area contributed by atoms with Gasteiger partial charge in [-0.15, -0.1) is 0 Å². The predicted molar refractivity (Wildman–Crippen MR) is 69.3 cm³/mol. The molecule has 0 aliphatic heterocycles. The van der Waals surface area contributed by atoms with Gasteiger partial charge >= 0.3 is 0 Å². The van der Waals surface area contributed by atoms with Crippen LogP contribution in [0.15, 0.2) is 24.4 Å². The van der Waals surface area contributed by atoms with Crippen LogP contribution in [0.5, 0.6) is 0 Å². The molecule has 0 atom stereocenters. The highest BCUT2D eigenvalue weighted by atomic mass is 35.5. The molecule has 0 unspecified atom stereocenters. The number of benzene rings is 1. The minimum absolute atomic E-state index is 0.714. The summed E-state index contributed by atoms with van der Waals surface area (Å²) in [5.41, 5.74) is 1.16. The molecule has 1 heterocycles. The Morgan fingerprint density at radius 1 is 1.25 bits per heavy atom. The van der Waals surface area contributed by atoms with Gasteiger partial charge in [-0.1, -0.05) is 29.6 Å². The van der Waals surface area contributed by atoms with Crippen LogP contribution in [0.1, 0.15) is 19.3 Å². The zero-order valence-corrected chi connectivity index (χ0v) is 10.4. The first-order chi connectivity index (χ1) is 7.74. The Balaban J connectivity index is 2.04. The fourth-order valence-electron chi connectivity index (χ4n) is 2.33. The molecule has 0 amide bonds. The van der Waals surface area contributed by atoms with E-state index in [-0.39, 0.29) is 0 Å². The van der Waals surface area contributed by atoms with E-state index in [0.717, 1.165) is 28.4 Å². The predicted octanol–water partition coefficient (Wildman–Crippen LogP) is 4.75. The van der Waals surface area contributed by atoms with E-state index in [9.17, 15) is 0 Å². The summed E-state index contributed by atoms with van der Waals surface area (Å²) in [6.07, 6.45) is 6.21. The molecule has 16 heavy (non-hydrogen) atoms. The largest absolute Gasteiger partial charge is 0.347 e. The molecule has 3 rings (SSSR count). The molecule has 1 saturated carbocycles. The Hall–Kier alpha value is -0.660. The second kappa shape index (κ2) is 3.97. The van der Waals surface area contributed by atoms with Crippen molar-refractivity contribution in [2.24, 2.45) is 5.92 Å². The van der Waals surface area contributed by atoms with Gasteiger partial charge in [0.25, 0.3) is 0 Å². The van der Waals surface area contributed by atoms with E-state index in [1.807, 2.05) is 6.07 Å². The van der Waals surface area contributed by atoms with Crippen LogP contribution >= 0.6 is 23.2 Å². The molecule has 0 saturated heterocycles. The van der Waals surface area contributed by atoms with Gasteiger partial charge in [0.2, 0.25) is 0 Å². The molecule has 1 fully saturated rings. The summed E-state index contributed by atoms with van der Waals surface area (Å²) in [5, 5.41) is 2.56. The summed E-state index contributed by atoms with van der Waals surface area (Å²) in [7, 11) is 0. The third-order valence-electron chi connectivity index (χ3n) is 3.48. The van der Waals surface area contributed by atoms with E-state index in [2.05, 4.69) is 16.8 Å². The first kappa shape index (κ1) is 10.5. The molecule has 3 heteroatoms. The number of fused-ring (bicyclic) bond motifs is 1. The average Bonchev–Trinajstić information content (AvgIpc) is 2.55. The maximum Gasteiger partial charge on any atom is 0.0514 e. The lowest BCUT2D eigenvalue weighted by atomic mass is 9.85. The van der Waals surface area contributed by atoms with Crippen LogP contribution in [0.25, 0.3) is 10.9 Å². The Morgan fingerprint density at radius 2 is 2.06 bits per heavy atom. The molecule has 0 bridgehead atoms. The van der Waals surface area contributed by atoms with Gasteiger partial charge in [-0.05, 0) is 37.0 Å². The lowest BCUT2D eigenvalue weighted by Gasteiger charge is -2.26. The zero-order chi connectivity index (χ0) is 11.1. The summed E-state index contributed by atoms with van der Waals surface area (Å²) < 4.78 is 2.27. The first-order valence-electron chi connectivity index (χ1n) is 5.68. The van der Waals surface area contributed by atoms with Crippen molar-refractivity contribution in [1.82, 2.24) is 4.57 Å². The number of hydrogen-bond acceptors (Lipinski definition) is 0. The van der Waals surface area contributed by atoms with Gasteiger partial charge in [0, 0.05) is 23.2 Å². The highest BCUT2D eigenvalue weighted by Gasteiger charge is 2.18. The van der Waals surface area contributed by atoms with Gasteiger partial charge in [0.1, 0.15) is 0 Å². The Labute approximate surface area is 105 Å². The zero-order valence-electron chi connectivity index (χ0n) is 8.92. The SMILES string of the molecule is Clc1cc(Cl)c2ccn(CC3CCC3)c2c1. The van der Waals surface area contributed by atoms with Gasteiger partial charge in [0.15, 0.2) is 0 Å². The monoisotopic (exact) mass is 253 g/mol. The fraction of sp³-hybridized carbons (Fsp3) is 0.385. The molecule has 1 aliphatic carbocycles. The number of nitrogens with zero attached hydrogens (tertiary/aromatic N) is 1. The Bertz CT molecular complexity index is 526. The van der Waals surface area contributed by atoms with Crippen molar-refractivity contribution in [1.29, 1.82) is 0 Å². The van der Waals surface area contributed by atoms with Crippen molar-refractivity contribution < 1.29 is 0 Å². The molecule has 1 aromatic carbocycles. The summed E-state index contributed by atoms with van der Waals surface area (Å²) in [4.78, 5) is 0. The van der Waals surface area contributed by atoms with E-state index in [1.165, 1.54) is 19.3 Å². The molecule has 0 N–H and O–H groups in total. The Kier molecular flexibility index (Phi) is 2.61. The lowest BCUT2D eigenvalue weighted by Crippen LogP contribution is -2.17. The van der Waals surface area contributed by atoms with Gasteiger partial charge < -0.3 is 4.57 Å². The van der Waals surface area contributed by atoms with Gasteiger partial charge in [0.05, 0.1) is 10.5 Å². The summed E-state index contributed by atoms with van der Waals surface area (Å²) in [5.74, 6) is 0.841. The van der Waals surface area contributed by atoms with Crippen molar-refractivity contribution in [3.63, 3.8) is 0 Å². The van der Waals surface area contributed by atoms with E-state index >= 15 is 0 Å². The third kappa shape index (κ3) is 1.72. The highest BCUT2D eigenvalue weighted by molar-refractivity contribution is 6.38. The van der Waals surface area contributed by atoms with Crippen LogP contribution in [0.4, 0.5) is 0 Å². The van der Waals surface area contributed by atoms with Gasteiger partial charge in [-0.2, -0.15) is 0 Å². The minimum atomic E-state index is 0.714. The number of aromatic nitrogens is 1. The molecular weight excluding hydrogens is 241 g/mol. The van der Waals surface area contributed by atoms with E-state index in [1.54, 1.807) is 6.07 Å². The topological polar surface area (TPSA) is 4.93 Å². The second-order valence-electron chi connectivity index (χ2n) is 4.59. The first-order valence-corrected chi connectivity index (χ1v) is 6.43. The average molecular weight is 254 g/mol. The van der Waals surface area contributed by atoms with Crippen LogP contribution in [-0.4, -0.2) is 4.57 Å². The fourth-order valence-corrected chi connectivity index (χ4v) is 2.88. The summed E-state index contributed by atoms with van der Waals surface area (Å²) in [6.45, 7) is 1.10. The Morgan fingerprint density at radius 3 is 2.75 bits per heavy atom. The summed E-state index contributed by atoms with van der Waals surface area (Å²) in [6, 6.07) is 5.88. The maximum absolute atomic E-state index is 6.16. The van der Waals surface area contributed by atoms with Crippen LogP contribution in [0.3, 0.4) is 0 Å². The van der Waals surface area contributed by atoms with Crippen LogP contribution in [-0.2, 0) is 6.54 Å². The van der Waals surface area contributed by atoms with Crippen molar-refractivity contribution >= 4 is 34.1 Å². The highest BCUT2D eigenvalue weighted by Crippen LogP contribution is 2.32. The quantitative estimate of drug-likeness (QED) is 0.728. The molecule has 1 aliphatic rings. The molecular formula is C13H13Cl2N. The van der Waals surface area contributed by atoms with E-state index in [0.29, 0.717) is 5.02 Å². The molecule has 0 radical (unpaired) electrons. The number of hydrogen-bond donors (Lipinski definition) is 0. The lowest BCUT2D eigenvalue weighted by molar-refractivity contribution is 0.280. The molecule has 1 aromatic heterocycles. The number of halogens is 2. The third-order valence-corrected chi connectivity index (χ3v) is 4.01. The smallest absolute Gasteiger partial charge is 0.0514 e. The van der Waals surface area contributed by atoms with Crippen LogP contribution in [0.2, 0.25) is 10.0 Å².